The lowest BCUT2D eigenvalue weighted by atomic mass is 9.80. The molecule has 1 saturated carbocycles. The molecule has 2 heterocycles. The van der Waals surface area contributed by atoms with E-state index in [0.29, 0.717) is 18.2 Å². The van der Waals surface area contributed by atoms with Crippen molar-refractivity contribution in [2.45, 2.75) is 45.3 Å². The van der Waals surface area contributed by atoms with Crippen LogP contribution in [0.5, 0.6) is 5.88 Å². The molecular weight excluding hydrogens is 306 g/mol. The average molecular weight is 329 g/mol. The molecule has 3 rings (SSSR count). The molecule has 1 fully saturated rings. The summed E-state index contributed by atoms with van der Waals surface area (Å²) in [6.45, 7) is 4.51. The number of aliphatic hydroxyl groups excluding tert-OH is 1. The second-order valence-electron chi connectivity index (χ2n) is 6.28. The van der Waals surface area contributed by atoms with Crippen LogP contribution < -0.4 is 15.8 Å². The molecule has 1 aliphatic carbocycles. The molecule has 7 heteroatoms. The van der Waals surface area contributed by atoms with Gasteiger partial charge in [-0.2, -0.15) is 4.98 Å². The van der Waals surface area contributed by atoms with Gasteiger partial charge in [0, 0.05) is 29.8 Å². The van der Waals surface area contributed by atoms with Crippen molar-refractivity contribution in [1.29, 1.82) is 0 Å². The van der Waals surface area contributed by atoms with Gasteiger partial charge in [-0.3, -0.25) is 0 Å². The normalized spacial score (nSPS) is 19.7. The highest BCUT2D eigenvalue weighted by Gasteiger charge is 2.30. The topological polar surface area (TPSA) is 106 Å². The predicted octanol–water partition coefficient (Wildman–Crippen LogP) is 1.93. The number of methoxy groups -OCH3 is 1. The SMILES string of the molecule is COc1nc(C)cc(C)c1CNc1cc(C2CC(O)C2)nc(N)n1. The first kappa shape index (κ1) is 16.4. The first-order valence-corrected chi connectivity index (χ1v) is 8.03. The number of ether oxygens (including phenoxy) is 1. The summed E-state index contributed by atoms with van der Waals surface area (Å²) in [4.78, 5) is 12.9. The first-order chi connectivity index (χ1) is 11.5. The Hall–Kier alpha value is -2.41. The van der Waals surface area contributed by atoms with Crippen molar-refractivity contribution in [3.05, 3.63) is 34.6 Å². The molecule has 0 aromatic carbocycles. The van der Waals surface area contributed by atoms with E-state index in [-0.39, 0.29) is 18.0 Å². The predicted molar refractivity (Wildman–Crippen MR) is 92.0 cm³/mol. The highest BCUT2D eigenvalue weighted by molar-refractivity contribution is 5.45. The summed E-state index contributed by atoms with van der Waals surface area (Å²) in [6.07, 6.45) is 1.23. The summed E-state index contributed by atoms with van der Waals surface area (Å²) in [5.41, 5.74) is 9.72. The number of nitrogen functional groups attached to an aromatic ring is 1. The number of aromatic nitrogens is 3. The zero-order valence-corrected chi connectivity index (χ0v) is 14.2. The number of rotatable bonds is 5. The van der Waals surface area contributed by atoms with Gasteiger partial charge in [0.25, 0.3) is 0 Å². The molecule has 1 aliphatic rings. The van der Waals surface area contributed by atoms with Crippen LogP contribution in [-0.4, -0.2) is 33.3 Å². The summed E-state index contributed by atoms with van der Waals surface area (Å²) in [7, 11) is 1.62. The summed E-state index contributed by atoms with van der Waals surface area (Å²) >= 11 is 0. The molecule has 2 aromatic rings. The third kappa shape index (κ3) is 3.41. The van der Waals surface area contributed by atoms with Gasteiger partial charge in [0.15, 0.2) is 0 Å². The van der Waals surface area contributed by atoms with Crippen LogP contribution in [-0.2, 0) is 6.54 Å². The van der Waals surface area contributed by atoms with E-state index in [0.717, 1.165) is 35.4 Å². The summed E-state index contributed by atoms with van der Waals surface area (Å²) < 4.78 is 5.38. The molecule has 0 spiro atoms. The molecule has 0 aliphatic heterocycles. The van der Waals surface area contributed by atoms with E-state index in [4.69, 9.17) is 10.5 Å². The minimum atomic E-state index is -0.229. The Bertz CT molecular complexity index is 744. The Labute approximate surface area is 141 Å². The zero-order chi connectivity index (χ0) is 17.3. The molecule has 4 N–H and O–H groups in total. The van der Waals surface area contributed by atoms with Gasteiger partial charge in [-0.15, -0.1) is 0 Å². The van der Waals surface area contributed by atoms with Gasteiger partial charge in [0.2, 0.25) is 11.8 Å². The number of nitrogens with zero attached hydrogens (tertiary/aromatic N) is 3. The Balaban J connectivity index is 1.78. The van der Waals surface area contributed by atoms with Gasteiger partial charge in [-0.25, -0.2) is 9.97 Å². The van der Waals surface area contributed by atoms with E-state index in [1.807, 2.05) is 26.0 Å². The number of nitrogens with two attached hydrogens (primary N) is 1. The van der Waals surface area contributed by atoms with E-state index in [1.165, 1.54) is 0 Å². The van der Waals surface area contributed by atoms with Crippen molar-refractivity contribution >= 4 is 11.8 Å². The highest BCUT2D eigenvalue weighted by atomic mass is 16.5. The lowest BCUT2D eigenvalue weighted by molar-refractivity contribution is 0.0732. The maximum Gasteiger partial charge on any atom is 0.222 e. The van der Waals surface area contributed by atoms with Gasteiger partial charge in [-0.1, -0.05) is 0 Å². The third-order valence-electron chi connectivity index (χ3n) is 4.37. The summed E-state index contributed by atoms with van der Waals surface area (Å²) in [5, 5.41) is 12.7. The quantitative estimate of drug-likeness (QED) is 0.769. The largest absolute Gasteiger partial charge is 0.481 e. The fraction of sp³-hybridized carbons (Fsp3) is 0.471. The number of hydrogen-bond donors (Lipinski definition) is 3. The maximum atomic E-state index is 9.47. The number of hydrogen-bond acceptors (Lipinski definition) is 7. The van der Waals surface area contributed by atoms with Gasteiger partial charge < -0.3 is 20.9 Å². The standard InChI is InChI=1S/C17H23N5O2/c1-9-4-10(2)20-16(24-3)13(9)8-19-15-7-14(21-17(18)22-15)11-5-12(23)6-11/h4,7,11-12,23H,5-6,8H2,1-3H3,(H3,18,19,21,22). The minimum absolute atomic E-state index is 0.229. The van der Waals surface area contributed by atoms with E-state index in [1.54, 1.807) is 7.11 Å². The smallest absolute Gasteiger partial charge is 0.222 e. The second-order valence-corrected chi connectivity index (χ2v) is 6.28. The van der Waals surface area contributed by atoms with Gasteiger partial charge in [0.05, 0.1) is 18.9 Å². The number of aliphatic hydroxyl groups is 1. The van der Waals surface area contributed by atoms with E-state index < -0.39 is 0 Å². The molecule has 0 radical (unpaired) electrons. The van der Waals surface area contributed by atoms with Crippen molar-refractivity contribution in [3.8, 4) is 5.88 Å². The van der Waals surface area contributed by atoms with Crippen LogP contribution >= 0.6 is 0 Å². The molecule has 24 heavy (non-hydrogen) atoms. The monoisotopic (exact) mass is 329 g/mol. The average Bonchev–Trinajstić information content (AvgIpc) is 2.49. The minimum Gasteiger partial charge on any atom is -0.481 e. The molecule has 0 saturated heterocycles. The van der Waals surface area contributed by atoms with Crippen LogP contribution in [0.1, 0.15) is 41.3 Å². The van der Waals surface area contributed by atoms with Crippen LogP contribution in [0.3, 0.4) is 0 Å². The van der Waals surface area contributed by atoms with Gasteiger partial charge in [0.1, 0.15) is 5.82 Å². The van der Waals surface area contributed by atoms with E-state index in [9.17, 15) is 5.11 Å². The van der Waals surface area contributed by atoms with Crippen LogP contribution in [0.2, 0.25) is 0 Å². The highest BCUT2D eigenvalue weighted by Crippen LogP contribution is 2.36. The number of nitrogens with one attached hydrogen (secondary N) is 1. The third-order valence-corrected chi connectivity index (χ3v) is 4.37. The zero-order valence-electron chi connectivity index (χ0n) is 14.2. The van der Waals surface area contributed by atoms with Crippen LogP contribution in [0.25, 0.3) is 0 Å². The summed E-state index contributed by atoms with van der Waals surface area (Å²) in [5.74, 6) is 1.77. The summed E-state index contributed by atoms with van der Waals surface area (Å²) in [6, 6.07) is 3.92. The Morgan fingerprint density at radius 1 is 1.25 bits per heavy atom. The lowest BCUT2D eigenvalue weighted by Gasteiger charge is -2.31. The Kier molecular flexibility index (Phi) is 4.53. The number of pyridine rings is 1. The molecule has 7 nitrogen and oxygen atoms in total. The molecule has 0 bridgehead atoms. The maximum absolute atomic E-state index is 9.47. The first-order valence-electron chi connectivity index (χ1n) is 8.03. The van der Waals surface area contributed by atoms with Crippen molar-refractivity contribution in [1.82, 2.24) is 15.0 Å². The fourth-order valence-corrected chi connectivity index (χ4v) is 3.01. The van der Waals surface area contributed by atoms with Crippen molar-refractivity contribution < 1.29 is 9.84 Å². The molecule has 128 valence electrons. The Morgan fingerprint density at radius 2 is 2.00 bits per heavy atom. The van der Waals surface area contributed by atoms with E-state index in [2.05, 4.69) is 20.3 Å². The van der Waals surface area contributed by atoms with Crippen molar-refractivity contribution in [3.63, 3.8) is 0 Å². The number of anilines is 2. The van der Waals surface area contributed by atoms with Crippen LogP contribution in [0, 0.1) is 13.8 Å². The fourth-order valence-electron chi connectivity index (χ4n) is 3.01. The molecule has 0 atom stereocenters. The Morgan fingerprint density at radius 3 is 2.67 bits per heavy atom. The van der Waals surface area contributed by atoms with E-state index >= 15 is 0 Å². The molecule has 0 unspecified atom stereocenters. The van der Waals surface area contributed by atoms with Gasteiger partial charge >= 0.3 is 0 Å². The molecular formula is C17H23N5O2. The second kappa shape index (κ2) is 6.60. The van der Waals surface area contributed by atoms with Crippen molar-refractivity contribution in [2.24, 2.45) is 0 Å². The number of aryl methyl sites for hydroxylation is 2. The van der Waals surface area contributed by atoms with Crippen LogP contribution in [0.4, 0.5) is 11.8 Å². The van der Waals surface area contributed by atoms with Gasteiger partial charge in [-0.05, 0) is 38.3 Å². The van der Waals surface area contributed by atoms with Crippen LogP contribution in [0.15, 0.2) is 12.1 Å². The lowest BCUT2D eigenvalue weighted by Crippen LogP contribution is -2.27. The molecule has 2 aromatic heterocycles. The van der Waals surface area contributed by atoms with Crippen molar-refractivity contribution in [2.75, 3.05) is 18.2 Å². The molecule has 0 amide bonds.